The van der Waals surface area contributed by atoms with Gasteiger partial charge in [0.2, 0.25) is 11.5 Å². The zero-order valence-electron chi connectivity index (χ0n) is 14.6. The molecule has 144 valence electrons. The summed E-state index contributed by atoms with van der Waals surface area (Å²) < 4.78 is 55.7. The maximum Gasteiger partial charge on any atom is 0.301 e. The quantitative estimate of drug-likeness (QED) is 0.504. The number of hydrogen-bond donors (Lipinski definition) is 2. The molecule has 2 N–H and O–H groups in total. The molecule has 8 nitrogen and oxygen atoms in total. The second-order valence-electron chi connectivity index (χ2n) is 5.91. The Morgan fingerprint density at radius 3 is 2.68 bits per heavy atom. The Morgan fingerprint density at radius 1 is 1.32 bits per heavy atom. The van der Waals surface area contributed by atoms with E-state index < -0.39 is 38.9 Å². The summed E-state index contributed by atoms with van der Waals surface area (Å²) in [5.74, 6) is -3.52. The average Bonchev–Trinajstić information content (AvgIpc) is 3.06. The van der Waals surface area contributed by atoms with E-state index in [4.69, 9.17) is 6.57 Å². The predicted molar refractivity (Wildman–Crippen MR) is 98.4 cm³/mol. The lowest BCUT2D eigenvalue weighted by Crippen LogP contribution is -2.29. The van der Waals surface area contributed by atoms with Crippen LogP contribution in [0.2, 0.25) is 0 Å². The molecular formula is C17H13F2N5O3S. The Balaban J connectivity index is 2.13. The fourth-order valence-electron chi connectivity index (χ4n) is 2.45. The maximum atomic E-state index is 14.8. The van der Waals surface area contributed by atoms with Gasteiger partial charge in [-0.1, -0.05) is 0 Å². The van der Waals surface area contributed by atoms with Crippen molar-refractivity contribution in [3.8, 4) is 0 Å². The van der Waals surface area contributed by atoms with E-state index >= 15 is 0 Å². The first-order valence-electron chi connectivity index (χ1n) is 7.73. The third-order valence-electron chi connectivity index (χ3n) is 3.93. The summed E-state index contributed by atoms with van der Waals surface area (Å²) in [6.45, 7) is 7.03. The number of aromatic nitrogens is 2. The maximum absolute atomic E-state index is 14.8. The lowest BCUT2D eigenvalue weighted by molar-refractivity contribution is 0.103. The van der Waals surface area contributed by atoms with Crippen molar-refractivity contribution in [2.24, 2.45) is 0 Å². The van der Waals surface area contributed by atoms with Crippen LogP contribution in [0.3, 0.4) is 0 Å². The average molecular weight is 405 g/mol. The number of H-pyrrole nitrogens is 1. The zero-order chi connectivity index (χ0) is 20.6. The Hall–Kier alpha value is -3.36. The van der Waals surface area contributed by atoms with Gasteiger partial charge in [0, 0.05) is 37.4 Å². The van der Waals surface area contributed by atoms with Crippen LogP contribution >= 0.6 is 0 Å². The predicted octanol–water partition coefficient (Wildman–Crippen LogP) is 2.84. The number of anilines is 1. The summed E-state index contributed by atoms with van der Waals surface area (Å²) in [5.41, 5.74) is -1.18. The van der Waals surface area contributed by atoms with Crippen molar-refractivity contribution in [2.45, 2.75) is 0 Å². The van der Waals surface area contributed by atoms with E-state index in [1.165, 1.54) is 32.6 Å². The molecule has 2 heterocycles. The molecular weight excluding hydrogens is 392 g/mol. The first-order valence-corrected chi connectivity index (χ1v) is 9.17. The van der Waals surface area contributed by atoms with E-state index in [1.807, 2.05) is 4.72 Å². The molecule has 0 amide bonds. The molecule has 0 aliphatic heterocycles. The van der Waals surface area contributed by atoms with Crippen LogP contribution in [0.5, 0.6) is 0 Å². The monoisotopic (exact) mass is 405 g/mol. The van der Waals surface area contributed by atoms with Crippen molar-refractivity contribution in [2.75, 3.05) is 18.8 Å². The van der Waals surface area contributed by atoms with Gasteiger partial charge in [0.15, 0.2) is 5.82 Å². The highest BCUT2D eigenvalue weighted by atomic mass is 32.2. The lowest BCUT2D eigenvalue weighted by atomic mass is 10.0. The molecule has 0 aliphatic rings. The van der Waals surface area contributed by atoms with Gasteiger partial charge in [-0.05, 0) is 18.2 Å². The standard InChI is InChI=1S/C17H13F2N5O3S/c1-20-9-6-10-11(8-22-17(10)21-7-9)16(25)14-12(18)4-5-13(15(14)19)23-28(26,27)24(2)3/h4-8,23H,2-3H3,(H,21,22). The van der Waals surface area contributed by atoms with Gasteiger partial charge in [-0.15, -0.1) is 0 Å². The van der Waals surface area contributed by atoms with E-state index in [1.54, 1.807) is 0 Å². The first kappa shape index (κ1) is 19.4. The normalized spacial score (nSPS) is 11.6. The molecule has 0 fully saturated rings. The Labute approximate surface area is 158 Å². The second kappa shape index (κ2) is 6.99. The zero-order valence-corrected chi connectivity index (χ0v) is 15.4. The van der Waals surface area contributed by atoms with Crippen LogP contribution in [-0.4, -0.2) is 42.6 Å². The van der Waals surface area contributed by atoms with Crippen LogP contribution < -0.4 is 4.72 Å². The first-order chi connectivity index (χ1) is 13.2. The Kier molecular flexibility index (Phi) is 4.84. The minimum absolute atomic E-state index is 0.0987. The summed E-state index contributed by atoms with van der Waals surface area (Å²) >= 11 is 0. The third kappa shape index (κ3) is 3.30. The van der Waals surface area contributed by atoms with Gasteiger partial charge in [0.1, 0.15) is 11.5 Å². The van der Waals surface area contributed by atoms with Gasteiger partial charge in [-0.25, -0.2) is 13.6 Å². The van der Waals surface area contributed by atoms with Crippen molar-refractivity contribution >= 4 is 38.4 Å². The minimum atomic E-state index is -4.07. The van der Waals surface area contributed by atoms with Gasteiger partial charge < -0.3 is 4.98 Å². The highest BCUT2D eigenvalue weighted by Gasteiger charge is 2.26. The van der Waals surface area contributed by atoms with E-state index in [0.717, 1.165) is 16.4 Å². The summed E-state index contributed by atoms with van der Waals surface area (Å²) in [6, 6.07) is 3.05. The van der Waals surface area contributed by atoms with Gasteiger partial charge in [0.25, 0.3) is 0 Å². The molecule has 0 bridgehead atoms. The highest BCUT2D eigenvalue weighted by molar-refractivity contribution is 7.90. The van der Waals surface area contributed by atoms with Crippen molar-refractivity contribution < 1.29 is 22.0 Å². The van der Waals surface area contributed by atoms with E-state index in [2.05, 4.69) is 14.8 Å². The number of pyridine rings is 1. The number of aromatic amines is 1. The number of carbonyl (C=O) groups is 1. The summed E-state index contributed by atoms with van der Waals surface area (Å²) in [5, 5.41) is 0.219. The number of rotatable bonds is 5. The Bertz CT molecular complexity index is 1250. The van der Waals surface area contributed by atoms with Gasteiger partial charge in [0.05, 0.1) is 17.8 Å². The van der Waals surface area contributed by atoms with Crippen LogP contribution in [0.4, 0.5) is 20.2 Å². The second-order valence-corrected chi connectivity index (χ2v) is 7.79. The molecule has 1 aromatic carbocycles. The van der Waals surface area contributed by atoms with Gasteiger partial charge in [-0.3, -0.25) is 14.5 Å². The molecule has 3 rings (SSSR count). The fourth-order valence-corrected chi connectivity index (χ4v) is 3.06. The largest absolute Gasteiger partial charge is 0.345 e. The van der Waals surface area contributed by atoms with Crippen molar-refractivity contribution in [3.63, 3.8) is 0 Å². The fraction of sp³-hybridized carbons (Fsp3) is 0.118. The SMILES string of the molecule is [C-]#[N+]c1cnc2[nH]cc(C(=O)c3c(F)ccc(NS(=O)(=O)N(C)C)c3F)c2c1. The number of halogens is 2. The number of carbonyl (C=O) groups excluding carboxylic acids is 1. The molecule has 0 spiro atoms. The summed E-state index contributed by atoms with van der Waals surface area (Å²) in [4.78, 5) is 22.7. The number of benzene rings is 1. The molecule has 0 unspecified atom stereocenters. The summed E-state index contributed by atoms with van der Waals surface area (Å²) in [7, 11) is -1.61. The van der Waals surface area contributed by atoms with Crippen LogP contribution in [-0.2, 0) is 10.2 Å². The van der Waals surface area contributed by atoms with Crippen molar-refractivity contribution in [1.82, 2.24) is 14.3 Å². The number of ketones is 1. The molecule has 0 saturated heterocycles. The topological polar surface area (TPSA) is 99.5 Å². The van der Waals surface area contributed by atoms with Crippen LogP contribution in [0.15, 0.2) is 30.6 Å². The van der Waals surface area contributed by atoms with Crippen molar-refractivity contribution in [3.05, 3.63) is 64.8 Å². The molecule has 2 aromatic heterocycles. The lowest BCUT2D eigenvalue weighted by Gasteiger charge is -2.15. The molecule has 3 aromatic rings. The number of hydrogen-bond acceptors (Lipinski definition) is 4. The Morgan fingerprint density at radius 2 is 2.04 bits per heavy atom. The molecule has 0 radical (unpaired) electrons. The minimum Gasteiger partial charge on any atom is -0.345 e. The van der Waals surface area contributed by atoms with E-state index in [0.29, 0.717) is 0 Å². The molecule has 0 atom stereocenters. The van der Waals surface area contributed by atoms with Gasteiger partial charge >= 0.3 is 10.2 Å². The van der Waals surface area contributed by atoms with Crippen molar-refractivity contribution in [1.29, 1.82) is 0 Å². The molecule has 11 heteroatoms. The summed E-state index contributed by atoms with van der Waals surface area (Å²) in [6.07, 6.45) is 2.52. The number of fused-ring (bicyclic) bond motifs is 1. The smallest absolute Gasteiger partial charge is 0.301 e. The number of nitrogens with one attached hydrogen (secondary N) is 2. The molecule has 28 heavy (non-hydrogen) atoms. The third-order valence-corrected chi connectivity index (χ3v) is 5.37. The van der Waals surface area contributed by atoms with Crippen LogP contribution in [0.25, 0.3) is 15.9 Å². The number of nitrogens with zero attached hydrogens (tertiary/aromatic N) is 3. The van der Waals surface area contributed by atoms with Crippen LogP contribution in [0.1, 0.15) is 15.9 Å². The van der Waals surface area contributed by atoms with Gasteiger partial charge in [-0.2, -0.15) is 12.7 Å². The molecule has 0 saturated carbocycles. The molecule has 0 aliphatic carbocycles. The van der Waals surface area contributed by atoms with Crippen LogP contribution in [0, 0.1) is 18.2 Å². The van der Waals surface area contributed by atoms with E-state index in [-0.39, 0.29) is 22.3 Å². The van der Waals surface area contributed by atoms with E-state index in [9.17, 15) is 22.0 Å². The highest BCUT2D eigenvalue weighted by Crippen LogP contribution is 2.28.